The van der Waals surface area contributed by atoms with Crippen LogP contribution in [0.3, 0.4) is 0 Å². The minimum atomic E-state index is -0.258. The highest BCUT2D eigenvalue weighted by atomic mass is 32.2. The van der Waals surface area contributed by atoms with Gasteiger partial charge in [-0.05, 0) is 31.5 Å². The van der Waals surface area contributed by atoms with Crippen molar-refractivity contribution in [1.29, 1.82) is 0 Å². The fourth-order valence-corrected chi connectivity index (χ4v) is 2.38. The molecular weight excluding hydrogens is 279 g/mol. The maximum atomic E-state index is 12.8. The number of hydrogen-bond donors (Lipinski definition) is 1. The van der Waals surface area contributed by atoms with Crippen molar-refractivity contribution in [2.24, 2.45) is 0 Å². The average molecular weight is 294 g/mol. The largest absolute Gasteiger partial charge is 0.360 e. The first-order valence-corrected chi connectivity index (χ1v) is 7.19. The lowest BCUT2D eigenvalue weighted by molar-refractivity contribution is -0.115. The van der Waals surface area contributed by atoms with E-state index in [-0.39, 0.29) is 17.0 Å². The molecule has 0 spiro atoms. The van der Waals surface area contributed by atoms with Gasteiger partial charge in [0.15, 0.2) is 5.82 Å². The SMILES string of the molecule is Cc1cc(NC(=O)C(C)SCc2ccc(F)cc2)no1. The van der Waals surface area contributed by atoms with Gasteiger partial charge < -0.3 is 9.84 Å². The molecule has 1 heterocycles. The number of amides is 1. The Balaban J connectivity index is 1.83. The van der Waals surface area contributed by atoms with Crippen LogP contribution < -0.4 is 5.32 Å². The van der Waals surface area contributed by atoms with Gasteiger partial charge in [-0.1, -0.05) is 17.3 Å². The molecule has 1 N–H and O–H groups in total. The van der Waals surface area contributed by atoms with Crippen molar-refractivity contribution >= 4 is 23.5 Å². The molecule has 2 rings (SSSR count). The number of halogens is 1. The minimum absolute atomic E-state index is 0.134. The van der Waals surface area contributed by atoms with E-state index in [1.165, 1.54) is 23.9 Å². The Hall–Kier alpha value is -1.82. The van der Waals surface area contributed by atoms with Crippen LogP contribution in [0.25, 0.3) is 0 Å². The number of nitrogens with zero attached hydrogens (tertiary/aromatic N) is 1. The van der Waals surface area contributed by atoms with E-state index >= 15 is 0 Å². The van der Waals surface area contributed by atoms with Crippen molar-refractivity contribution in [3.05, 3.63) is 47.5 Å². The Bertz CT molecular complexity index is 583. The summed E-state index contributed by atoms with van der Waals surface area (Å²) in [7, 11) is 0. The molecule has 1 atom stereocenters. The van der Waals surface area contributed by atoms with E-state index in [0.717, 1.165) is 5.56 Å². The lowest BCUT2D eigenvalue weighted by Crippen LogP contribution is -2.22. The van der Waals surface area contributed by atoms with Crippen LogP contribution in [0.5, 0.6) is 0 Å². The van der Waals surface area contributed by atoms with Gasteiger partial charge in [-0.3, -0.25) is 4.79 Å². The van der Waals surface area contributed by atoms with E-state index in [4.69, 9.17) is 4.52 Å². The molecule has 1 amide bonds. The quantitative estimate of drug-likeness (QED) is 0.918. The van der Waals surface area contributed by atoms with Crippen LogP contribution in [0, 0.1) is 12.7 Å². The van der Waals surface area contributed by atoms with Crippen molar-refractivity contribution in [2.75, 3.05) is 5.32 Å². The molecule has 4 nitrogen and oxygen atoms in total. The molecule has 2 aromatic rings. The van der Waals surface area contributed by atoms with Gasteiger partial charge in [-0.15, -0.1) is 11.8 Å². The van der Waals surface area contributed by atoms with Crippen LogP contribution in [0.15, 0.2) is 34.9 Å². The number of nitrogens with one attached hydrogen (secondary N) is 1. The van der Waals surface area contributed by atoms with Crippen molar-refractivity contribution in [3.8, 4) is 0 Å². The molecule has 1 aromatic heterocycles. The molecule has 0 bridgehead atoms. The summed E-state index contributed by atoms with van der Waals surface area (Å²) < 4.78 is 17.6. The van der Waals surface area contributed by atoms with Gasteiger partial charge in [0, 0.05) is 11.8 Å². The van der Waals surface area contributed by atoms with Crippen LogP contribution in [0.4, 0.5) is 10.2 Å². The molecule has 0 aliphatic rings. The predicted molar refractivity (Wildman–Crippen MR) is 77.0 cm³/mol. The van der Waals surface area contributed by atoms with E-state index in [0.29, 0.717) is 17.3 Å². The summed E-state index contributed by atoms with van der Waals surface area (Å²) in [5.74, 6) is 1.32. The lowest BCUT2D eigenvalue weighted by Gasteiger charge is -2.10. The van der Waals surface area contributed by atoms with Gasteiger partial charge in [-0.2, -0.15) is 0 Å². The van der Waals surface area contributed by atoms with Gasteiger partial charge in [-0.25, -0.2) is 4.39 Å². The van der Waals surface area contributed by atoms with Crippen molar-refractivity contribution < 1.29 is 13.7 Å². The van der Waals surface area contributed by atoms with E-state index in [9.17, 15) is 9.18 Å². The van der Waals surface area contributed by atoms with Crippen molar-refractivity contribution in [1.82, 2.24) is 5.16 Å². The Labute approximate surface area is 120 Å². The molecule has 0 aliphatic carbocycles. The van der Waals surface area contributed by atoms with Gasteiger partial charge in [0.2, 0.25) is 5.91 Å². The number of rotatable bonds is 5. The van der Waals surface area contributed by atoms with Gasteiger partial charge in [0.05, 0.1) is 5.25 Å². The van der Waals surface area contributed by atoms with E-state index in [1.807, 2.05) is 6.92 Å². The van der Waals surface area contributed by atoms with E-state index in [1.54, 1.807) is 25.1 Å². The number of carbonyl (C=O) groups is 1. The summed E-state index contributed by atoms with van der Waals surface area (Å²) in [6, 6.07) is 7.93. The average Bonchev–Trinajstić information content (AvgIpc) is 2.83. The number of aryl methyl sites for hydroxylation is 1. The Morgan fingerprint density at radius 1 is 1.45 bits per heavy atom. The molecule has 0 saturated heterocycles. The highest BCUT2D eigenvalue weighted by Crippen LogP contribution is 2.19. The van der Waals surface area contributed by atoms with Crippen LogP contribution >= 0.6 is 11.8 Å². The van der Waals surface area contributed by atoms with E-state index in [2.05, 4.69) is 10.5 Å². The molecule has 0 fully saturated rings. The fraction of sp³-hybridized carbons (Fsp3) is 0.286. The topological polar surface area (TPSA) is 55.1 Å². The number of aromatic nitrogens is 1. The second-order valence-corrected chi connectivity index (χ2v) is 5.72. The maximum Gasteiger partial charge on any atom is 0.238 e. The molecule has 0 saturated carbocycles. The molecular formula is C14H15FN2O2S. The Morgan fingerprint density at radius 3 is 2.75 bits per heavy atom. The van der Waals surface area contributed by atoms with E-state index < -0.39 is 0 Å². The molecule has 6 heteroatoms. The van der Waals surface area contributed by atoms with Gasteiger partial charge >= 0.3 is 0 Å². The molecule has 1 unspecified atom stereocenters. The summed E-state index contributed by atoms with van der Waals surface area (Å²) in [6.45, 7) is 3.58. The van der Waals surface area contributed by atoms with Crippen LogP contribution in [0.1, 0.15) is 18.2 Å². The third kappa shape index (κ3) is 4.09. The van der Waals surface area contributed by atoms with Gasteiger partial charge in [0.1, 0.15) is 11.6 Å². The zero-order valence-electron chi connectivity index (χ0n) is 11.2. The van der Waals surface area contributed by atoms with Gasteiger partial charge in [0.25, 0.3) is 0 Å². The zero-order valence-corrected chi connectivity index (χ0v) is 12.0. The Morgan fingerprint density at radius 2 is 2.15 bits per heavy atom. The Kier molecular flexibility index (Phi) is 4.79. The standard InChI is InChI=1S/C14H15FN2O2S/c1-9-7-13(17-19-9)16-14(18)10(2)20-8-11-3-5-12(15)6-4-11/h3-7,10H,8H2,1-2H3,(H,16,17,18). The van der Waals surface area contributed by atoms with Crippen molar-refractivity contribution in [3.63, 3.8) is 0 Å². The normalized spacial score (nSPS) is 12.2. The summed E-state index contributed by atoms with van der Waals surface area (Å²) in [5, 5.41) is 6.15. The minimum Gasteiger partial charge on any atom is -0.360 e. The predicted octanol–water partition coefficient (Wildman–Crippen LogP) is 3.38. The molecule has 0 radical (unpaired) electrons. The molecule has 20 heavy (non-hydrogen) atoms. The summed E-state index contributed by atoms with van der Waals surface area (Å²) >= 11 is 1.48. The van der Waals surface area contributed by atoms with Crippen molar-refractivity contribution in [2.45, 2.75) is 24.9 Å². The first kappa shape index (κ1) is 14.6. The summed E-state index contributed by atoms with van der Waals surface area (Å²) in [6.07, 6.45) is 0. The lowest BCUT2D eigenvalue weighted by atomic mass is 10.2. The summed E-state index contributed by atoms with van der Waals surface area (Å²) in [5.41, 5.74) is 0.980. The maximum absolute atomic E-state index is 12.8. The second-order valence-electron chi connectivity index (χ2n) is 4.39. The monoisotopic (exact) mass is 294 g/mol. The second kappa shape index (κ2) is 6.56. The molecule has 1 aromatic carbocycles. The highest BCUT2D eigenvalue weighted by molar-refractivity contribution is 7.99. The number of carbonyl (C=O) groups excluding carboxylic acids is 1. The highest BCUT2D eigenvalue weighted by Gasteiger charge is 2.15. The van der Waals surface area contributed by atoms with Crippen LogP contribution in [0.2, 0.25) is 0 Å². The number of hydrogen-bond acceptors (Lipinski definition) is 4. The number of anilines is 1. The zero-order chi connectivity index (χ0) is 14.5. The molecule has 0 aliphatic heterocycles. The van der Waals surface area contributed by atoms with Crippen LogP contribution in [-0.4, -0.2) is 16.3 Å². The number of benzene rings is 1. The fourth-order valence-electron chi connectivity index (χ4n) is 1.53. The first-order chi connectivity index (χ1) is 9.54. The van der Waals surface area contributed by atoms with Crippen LogP contribution in [-0.2, 0) is 10.5 Å². The molecule has 106 valence electrons. The summed E-state index contributed by atoms with van der Waals surface area (Å²) in [4.78, 5) is 11.9. The number of thioether (sulfide) groups is 1. The smallest absolute Gasteiger partial charge is 0.238 e. The first-order valence-electron chi connectivity index (χ1n) is 6.15. The third-order valence-corrected chi connectivity index (χ3v) is 3.88. The third-order valence-electron chi connectivity index (χ3n) is 2.66.